The third kappa shape index (κ3) is 3.11. The molecule has 1 heterocycles. The van der Waals surface area contributed by atoms with Crippen LogP contribution in [0.5, 0.6) is 5.75 Å². The molecular weight excluding hydrogens is 274 g/mol. The van der Waals surface area contributed by atoms with Crippen molar-refractivity contribution in [2.45, 2.75) is 6.42 Å². The Hall–Kier alpha value is -3.03. The van der Waals surface area contributed by atoms with Gasteiger partial charge in [0.1, 0.15) is 11.6 Å². The van der Waals surface area contributed by atoms with E-state index < -0.39 is 0 Å². The minimum absolute atomic E-state index is 0.00648. The van der Waals surface area contributed by atoms with Gasteiger partial charge in [-0.25, -0.2) is 0 Å². The molecule has 0 spiro atoms. The number of nitrogens with zero attached hydrogens (tertiary/aromatic N) is 3. The number of nitrogens with one attached hydrogen (secondary N) is 1. The van der Waals surface area contributed by atoms with Gasteiger partial charge >= 0.3 is 0 Å². The van der Waals surface area contributed by atoms with Crippen molar-refractivity contribution in [2.75, 3.05) is 5.32 Å². The first-order valence-electron chi connectivity index (χ1n) is 6.09. The van der Waals surface area contributed by atoms with E-state index >= 15 is 0 Å². The quantitative estimate of drug-likeness (QED) is 0.280. The van der Waals surface area contributed by atoms with Gasteiger partial charge in [-0.1, -0.05) is 23.4 Å². The number of aromatic hydroxyl groups is 1. The van der Waals surface area contributed by atoms with Crippen LogP contribution in [0.15, 0.2) is 35.6 Å². The summed E-state index contributed by atoms with van der Waals surface area (Å²) < 4.78 is 1.40. The second kappa shape index (κ2) is 5.95. The number of phenols is 1. The molecule has 1 aromatic carbocycles. The zero-order valence-electron chi connectivity index (χ0n) is 11.3. The van der Waals surface area contributed by atoms with Crippen molar-refractivity contribution in [1.29, 1.82) is 0 Å². The zero-order chi connectivity index (χ0) is 15.4. The number of aromatic nitrogens is 2. The minimum atomic E-state index is -0.355. The molecule has 0 aliphatic heterocycles. The van der Waals surface area contributed by atoms with E-state index in [4.69, 9.17) is 10.9 Å². The van der Waals surface area contributed by atoms with E-state index in [1.165, 1.54) is 16.9 Å². The SMILES string of the molecule is Cn1ncc(/C(N)=N/O)c1NC(=O)Cc1ccccc1O. The molecular formula is C13H15N5O3. The number of amides is 1. The first kappa shape index (κ1) is 14.4. The van der Waals surface area contributed by atoms with Crippen molar-refractivity contribution >= 4 is 17.6 Å². The Morgan fingerprint density at radius 1 is 1.48 bits per heavy atom. The number of carbonyl (C=O) groups excluding carboxylic acids is 1. The van der Waals surface area contributed by atoms with Gasteiger partial charge in [0.2, 0.25) is 5.91 Å². The van der Waals surface area contributed by atoms with Gasteiger partial charge in [0.15, 0.2) is 5.84 Å². The molecule has 8 nitrogen and oxygen atoms in total. The lowest BCUT2D eigenvalue weighted by Crippen LogP contribution is -2.21. The Morgan fingerprint density at radius 2 is 2.19 bits per heavy atom. The third-order valence-corrected chi connectivity index (χ3v) is 2.92. The van der Waals surface area contributed by atoms with Crippen molar-refractivity contribution in [3.05, 3.63) is 41.6 Å². The number of amidine groups is 1. The van der Waals surface area contributed by atoms with Gasteiger partial charge in [-0.2, -0.15) is 5.10 Å². The molecule has 110 valence electrons. The van der Waals surface area contributed by atoms with E-state index in [0.717, 1.165) is 0 Å². The fourth-order valence-corrected chi connectivity index (χ4v) is 1.84. The summed E-state index contributed by atoms with van der Waals surface area (Å²) in [5, 5.41) is 27.8. The molecule has 0 saturated heterocycles. The molecule has 21 heavy (non-hydrogen) atoms. The van der Waals surface area contributed by atoms with Crippen LogP contribution in [0.1, 0.15) is 11.1 Å². The number of hydrogen-bond donors (Lipinski definition) is 4. The van der Waals surface area contributed by atoms with Gasteiger partial charge in [-0.15, -0.1) is 0 Å². The van der Waals surface area contributed by atoms with Crippen LogP contribution in [0.3, 0.4) is 0 Å². The molecule has 0 bridgehead atoms. The van der Waals surface area contributed by atoms with Gasteiger partial charge in [-0.05, 0) is 6.07 Å². The summed E-state index contributed by atoms with van der Waals surface area (Å²) in [4.78, 5) is 12.0. The largest absolute Gasteiger partial charge is 0.508 e. The first-order valence-corrected chi connectivity index (χ1v) is 6.09. The normalized spacial score (nSPS) is 11.4. The number of nitrogens with two attached hydrogens (primary N) is 1. The van der Waals surface area contributed by atoms with Crippen molar-refractivity contribution in [2.24, 2.45) is 17.9 Å². The summed E-state index contributed by atoms with van der Waals surface area (Å²) in [5.74, 6) is -0.145. The molecule has 0 unspecified atom stereocenters. The molecule has 0 aliphatic rings. The van der Waals surface area contributed by atoms with Gasteiger partial charge in [0, 0.05) is 12.6 Å². The number of aryl methyl sites for hydroxylation is 1. The summed E-state index contributed by atoms with van der Waals surface area (Å²) >= 11 is 0. The standard InChI is InChI=1S/C13H15N5O3/c1-18-13(9(7-15-18)12(14)17-21)16-11(20)6-8-4-2-3-5-10(8)19/h2-5,7,19,21H,6H2,1H3,(H2,14,17)(H,16,20). The second-order valence-corrected chi connectivity index (χ2v) is 4.37. The van der Waals surface area contributed by atoms with Gasteiger partial charge in [0.25, 0.3) is 0 Å². The number of para-hydroxylation sites is 1. The number of hydrogen-bond acceptors (Lipinski definition) is 5. The van der Waals surface area contributed by atoms with Crippen LogP contribution < -0.4 is 11.1 Å². The van der Waals surface area contributed by atoms with Crippen LogP contribution in [0, 0.1) is 0 Å². The Kier molecular flexibility index (Phi) is 4.07. The fraction of sp³-hybridized carbons (Fsp3) is 0.154. The number of benzene rings is 1. The summed E-state index contributed by atoms with van der Waals surface area (Å²) in [6.45, 7) is 0. The molecule has 5 N–H and O–H groups in total. The van der Waals surface area contributed by atoms with Gasteiger partial charge < -0.3 is 21.4 Å². The number of oxime groups is 1. The van der Waals surface area contributed by atoms with Crippen LogP contribution >= 0.6 is 0 Å². The van der Waals surface area contributed by atoms with Crippen molar-refractivity contribution in [3.8, 4) is 5.75 Å². The maximum atomic E-state index is 12.0. The van der Waals surface area contributed by atoms with E-state index in [-0.39, 0.29) is 23.9 Å². The number of anilines is 1. The molecule has 0 atom stereocenters. The Balaban J connectivity index is 2.17. The number of rotatable bonds is 4. The van der Waals surface area contributed by atoms with E-state index in [1.54, 1.807) is 25.2 Å². The predicted molar refractivity (Wildman–Crippen MR) is 76.2 cm³/mol. The van der Waals surface area contributed by atoms with Crippen molar-refractivity contribution in [3.63, 3.8) is 0 Å². The molecule has 1 aromatic heterocycles. The summed E-state index contributed by atoms with van der Waals surface area (Å²) in [7, 11) is 1.61. The summed E-state index contributed by atoms with van der Waals surface area (Å²) in [5.41, 5.74) is 6.33. The molecule has 2 aromatic rings. The molecule has 0 radical (unpaired) electrons. The molecule has 0 saturated carbocycles. The predicted octanol–water partition coefficient (Wildman–Crippen LogP) is 0.401. The van der Waals surface area contributed by atoms with E-state index in [9.17, 15) is 9.90 Å². The highest BCUT2D eigenvalue weighted by atomic mass is 16.4. The second-order valence-electron chi connectivity index (χ2n) is 4.37. The Bertz CT molecular complexity index is 693. The third-order valence-electron chi connectivity index (χ3n) is 2.92. The van der Waals surface area contributed by atoms with Crippen LogP contribution in [-0.4, -0.2) is 31.8 Å². The highest BCUT2D eigenvalue weighted by Gasteiger charge is 2.16. The summed E-state index contributed by atoms with van der Waals surface area (Å²) in [6, 6.07) is 6.57. The summed E-state index contributed by atoms with van der Waals surface area (Å²) in [6.07, 6.45) is 1.37. The van der Waals surface area contributed by atoms with Crippen LogP contribution in [0.4, 0.5) is 5.82 Å². The maximum Gasteiger partial charge on any atom is 0.230 e. The van der Waals surface area contributed by atoms with Crippen LogP contribution in [0.2, 0.25) is 0 Å². The highest BCUT2D eigenvalue weighted by molar-refractivity contribution is 6.04. The average Bonchev–Trinajstić information content (AvgIpc) is 2.82. The molecule has 8 heteroatoms. The lowest BCUT2D eigenvalue weighted by Gasteiger charge is -2.08. The lowest BCUT2D eigenvalue weighted by atomic mass is 10.1. The maximum absolute atomic E-state index is 12.0. The first-order chi connectivity index (χ1) is 10.0. The number of carbonyl (C=O) groups is 1. The molecule has 1 amide bonds. The highest BCUT2D eigenvalue weighted by Crippen LogP contribution is 2.18. The molecule has 2 rings (SSSR count). The van der Waals surface area contributed by atoms with Crippen molar-refractivity contribution < 1.29 is 15.1 Å². The van der Waals surface area contributed by atoms with Gasteiger partial charge in [0.05, 0.1) is 18.2 Å². The molecule has 0 fully saturated rings. The monoisotopic (exact) mass is 289 g/mol. The smallest absolute Gasteiger partial charge is 0.230 e. The fourth-order valence-electron chi connectivity index (χ4n) is 1.84. The number of phenolic OH excluding ortho intramolecular Hbond substituents is 1. The Labute approximate surface area is 120 Å². The average molecular weight is 289 g/mol. The van der Waals surface area contributed by atoms with Crippen LogP contribution in [-0.2, 0) is 18.3 Å². The van der Waals surface area contributed by atoms with Crippen LogP contribution in [0.25, 0.3) is 0 Å². The zero-order valence-corrected chi connectivity index (χ0v) is 11.3. The van der Waals surface area contributed by atoms with E-state index in [1.807, 2.05) is 0 Å². The van der Waals surface area contributed by atoms with Crippen molar-refractivity contribution in [1.82, 2.24) is 9.78 Å². The molecule has 0 aliphatic carbocycles. The van der Waals surface area contributed by atoms with Gasteiger partial charge in [-0.3, -0.25) is 9.48 Å². The minimum Gasteiger partial charge on any atom is -0.508 e. The Morgan fingerprint density at radius 3 is 2.86 bits per heavy atom. The van der Waals surface area contributed by atoms with E-state index in [2.05, 4.69) is 15.6 Å². The topological polar surface area (TPSA) is 126 Å². The van der Waals surface area contributed by atoms with E-state index in [0.29, 0.717) is 16.9 Å². The lowest BCUT2D eigenvalue weighted by molar-refractivity contribution is -0.115.